The number of phosphoric ester groups is 1. The molecule has 0 radical (unpaired) electrons. The normalized spacial score (nSPS) is 14.5. The largest absolute Gasteiger partial charge is 0.472 e. The van der Waals surface area contributed by atoms with Crippen molar-refractivity contribution < 1.29 is 37.3 Å². The maximum atomic E-state index is 13.5. The molecule has 0 saturated heterocycles. The molecule has 0 spiro atoms. The van der Waals surface area contributed by atoms with E-state index < -0.39 is 20.0 Å². The van der Waals surface area contributed by atoms with Gasteiger partial charge < -0.3 is 19.4 Å². The van der Waals surface area contributed by atoms with Crippen LogP contribution in [0.4, 0.5) is 0 Å². The van der Waals surface area contributed by atoms with E-state index in [1.165, 1.54) is 77.0 Å². The number of allylic oxidation sites excluding steroid dienone is 17. The number of unbranched alkanes of at least 4 members (excludes halogenated alkanes) is 23. The minimum Gasteiger partial charge on any atom is -0.456 e. The maximum absolute atomic E-state index is 13.5. The highest BCUT2D eigenvalue weighted by Gasteiger charge is 2.30. The van der Waals surface area contributed by atoms with E-state index in [0.29, 0.717) is 23.9 Å². The average Bonchev–Trinajstić information content (AvgIpc) is 3.37. The number of nitrogens with zero attached hydrogens (tertiary/aromatic N) is 1. The van der Waals surface area contributed by atoms with Crippen LogP contribution in [0.25, 0.3) is 0 Å². The predicted octanol–water partition coefficient (Wildman–Crippen LogP) is 18.6. The molecule has 0 aliphatic rings. The van der Waals surface area contributed by atoms with Gasteiger partial charge in [-0.05, 0) is 96.0 Å². The molecule has 1 amide bonds. The Morgan fingerprint density at radius 3 is 1.43 bits per heavy atom. The summed E-state index contributed by atoms with van der Waals surface area (Å²) in [5.41, 5.74) is 0. The standard InChI is InChI=1S/C65H113N2O7P/c1-7-10-13-16-19-22-25-28-29-30-31-32-33-34-35-36-37-40-42-45-48-51-54-57-64(68)66-62(61-73-75(70,71)72-60-59-67(4,5)6)63(56-53-50-47-44-41-38-26-23-20-17-14-11-8-2)74-65(69)58-55-52-49-46-43-39-27-24-21-18-15-12-9-3/h10,12-13,15,18-19,21-22,24,27-29,31-32,34-35,53,56,62-63H,7-9,11,14,16-17,20,23,25-26,30,33,36-52,54-55,57-61H2,1-6H3,(H-,66,68,70,71)/p+1/b13-10-,15-12+,21-18+,22-19-,27-24-,29-28-,32-31-,35-34-,56-53-. The number of ether oxygens (including phenoxy) is 1. The molecule has 0 aromatic rings. The Balaban J connectivity index is 5.29. The summed E-state index contributed by atoms with van der Waals surface area (Å²) >= 11 is 0. The Labute approximate surface area is 461 Å². The smallest absolute Gasteiger partial charge is 0.456 e. The molecule has 0 rings (SSSR count). The van der Waals surface area contributed by atoms with E-state index >= 15 is 0 Å². The van der Waals surface area contributed by atoms with Crippen molar-refractivity contribution in [2.45, 2.75) is 251 Å². The molecule has 2 N–H and O–H groups in total. The summed E-state index contributed by atoms with van der Waals surface area (Å²) in [6.07, 6.45) is 73.7. The molecule has 0 aliphatic heterocycles. The number of rotatable bonds is 53. The topological polar surface area (TPSA) is 111 Å². The minimum absolute atomic E-state index is 0.0286. The van der Waals surface area contributed by atoms with Gasteiger partial charge in [-0.3, -0.25) is 18.6 Å². The second-order valence-electron chi connectivity index (χ2n) is 21.2. The SMILES string of the molecule is CC/C=C\C/C=C\C/C=C\C/C=C\C/C=C\CCCCCCCCCC(=O)NC(COP(=O)(O)OCC[N+](C)(C)C)C(/C=C\CCCCCCCCCCCCC)OC(=O)CCCCCCC\C=C/C=C/C=C/CC. The van der Waals surface area contributed by atoms with E-state index in [0.717, 1.165) is 122 Å². The molecule has 3 atom stereocenters. The second-order valence-corrected chi connectivity index (χ2v) is 22.6. The van der Waals surface area contributed by atoms with Crippen LogP contribution in [-0.4, -0.2) is 74.3 Å². The number of carbonyl (C=O) groups is 2. The highest BCUT2D eigenvalue weighted by Crippen LogP contribution is 2.43. The van der Waals surface area contributed by atoms with Crippen LogP contribution in [0.3, 0.4) is 0 Å². The number of carbonyl (C=O) groups excluding carboxylic acids is 2. The lowest BCUT2D eigenvalue weighted by molar-refractivity contribution is -0.870. The van der Waals surface area contributed by atoms with Gasteiger partial charge >= 0.3 is 13.8 Å². The van der Waals surface area contributed by atoms with Gasteiger partial charge in [-0.15, -0.1) is 0 Å². The Bertz CT molecular complexity index is 1650. The third kappa shape index (κ3) is 55.2. The van der Waals surface area contributed by atoms with Crippen molar-refractivity contribution in [3.05, 3.63) is 109 Å². The molecule has 9 nitrogen and oxygen atoms in total. The molecular weight excluding hydrogens is 952 g/mol. The van der Waals surface area contributed by atoms with Gasteiger partial charge in [0.05, 0.1) is 33.8 Å². The molecule has 0 fully saturated rings. The van der Waals surface area contributed by atoms with E-state index in [1.54, 1.807) is 0 Å². The van der Waals surface area contributed by atoms with Crippen LogP contribution in [-0.2, 0) is 27.9 Å². The third-order valence-electron chi connectivity index (χ3n) is 12.8. The van der Waals surface area contributed by atoms with Crippen LogP contribution >= 0.6 is 7.82 Å². The number of hydrogen-bond donors (Lipinski definition) is 2. The first-order chi connectivity index (χ1) is 36.4. The van der Waals surface area contributed by atoms with Gasteiger partial charge in [0.2, 0.25) is 5.91 Å². The first kappa shape index (κ1) is 71.7. The number of likely N-dealkylation sites (N-methyl/N-ethyl adjacent to an activating group) is 1. The second kappa shape index (κ2) is 54.0. The van der Waals surface area contributed by atoms with E-state index in [2.05, 4.69) is 123 Å². The van der Waals surface area contributed by atoms with Crippen LogP contribution in [0.5, 0.6) is 0 Å². The Morgan fingerprint density at radius 2 is 0.920 bits per heavy atom. The molecule has 0 bridgehead atoms. The quantitative estimate of drug-likeness (QED) is 0.0156. The summed E-state index contributed by atoms with van der Waals surface area (Å²) in [6, 6.07) is -0.869. The lowest BCUT2D eigenvalue weighted by Gasteiger charge is -2.27. The fourth-order valence-electron chi connectivity index (χ4n) is 8.14. The Morgan fingerprint density at radius 1 is 0.493 bits per heavy atom. The summed E-state index contributed by atoms with van der Waals surface area (Å²) in [5, 5.41) is 3.04. The number of nitrogens with one attached hydrogen (secondary N) is 1. The van der Waals surface area contributed by atoms with Crippen molar-refractivity contribution in [3.8, 4) is 0 Å². The molecule has 430 valence electrons. The average molecular weight is 1070 g/mol. The van der Waals surface area contributed by atoms with Crippen molar-refractivity contribution in [2.75, 3.05) is 40.9 Å². The fourth-order valence-corrected chi connectivity index (χ4v) is 8.88. The van der Waals surface area contributed by atoms with Gasteiger partial charge in [-0.2, -0.15) is 0 Å². The molecule has 10 heteroatoms. The fraction of sp³-hybridized carbons (Fsp3) is 0.692. The van der Waals surface area contributed by atoms with Gasteiger partial charge in [0.15, 0.2) is 0 Å². The zero-order chi connectivity index (χ0) is 55.0. The first-order valence-corrected chi connectivity index (χ1v) is 31.7. The van der Waals surface area contributed by atoms with Crippen LogP contribution in [0.1, 0.15) is 239 Å². The molecule has 0 aliphatic carbocycles. The van der Waals surface area contributed by atoms with Crippen LogP contribution in [0.15, 0.2) is 109 Å². The maximum Gasteiger partial charge on any atom is 0.472 e. The monoisotopic (exact) mass is 1070 g/mol. The molecule has 0 heterocycles. The number of quaternary nitrogens is 1. The predicted molar refractivity (Wildman–Crippen MR) is 323 cm³/mol. The minimum atomic E-state index is -4.46. The van der Waals surface area contributed by atoms with E-state index in [1.807, 2.05) is 33.3 Å². The van der Waals surface area contributed by atoms with Crippen LogP contribution < -0.4 is 5.32 Å². The van der Waals surface area contributed by atoms with Crippen molar-refractivity contribution in [2.24, 2.45) is 0 Å². The molecule has 3 unspecified atom stereocenters. The van der Waals surface area contributed by atoms with Gasteiger partial charge in [-0.1, -0.05) is 240 Å². The summed E-state index contributed by atoms with van der Waals surface area (Å²) in [4.78, 5) is 37.7. The molecular formula is C65H114N2O7P+. The number of amides is 1. The Hall–Kier alpha value is -3.33. The van der Waals surface area contributed by atoms with Crippen molar-refractivity contribution >= 4 is 19.7 Å². The zero-order valence-corrected chi connectivity index (χ0v) is 49.9. The van der Waals surface area contributed by atoms with E-state index in [4.69, 9.17) is 13.8 Å². The van der Waals surface area contributed by atoms with Gasteiger partial charge in [0.25, 0.3) is 0 Å². The van der Waals surface area contributed by atoms with Crippen LogP contribution in [0, 0.1) is 0 Å². The number of phosphoric acid groups is 1. The van der Waals surface area contributed by atoms with E-state index in [-0.39, 0.29) is 31.5 Å². The zero-order valence-electron chi connectivity index (χ0n) is 49.0. The van der Waals surface area contributed by atoms with Crippen LogP contribution in [0.2, 0.25) is 0 Å². The lowest BCUT2D eigenvalue weighted by Crippen LogP contribution is -2.47. The van der Waals surface area contributed by atoms with Crippen molar-refractivity contribution in [1.82, 2.24) is 5.32 Å². The highest BCUT2D eigenvalue weighted by atomic mass is 31.2. The Kier molecular flexibility index (Phi) is 51.6. The number of hydrogen-bond acceptors (Lipinski definition) is 6. The van der Waals surface area contributed by atoms with Gasteiger partial charge in [0.1, 0.15) is 19.3 Å². The molecule has 0 saturated carbocycles. The van der Waals surface area contributed by atoms with E-state index in [9.17, 15) is 19.0 Å². The lowest BCUT2D eigenvalue weighted by atomic mass is 10.0. The van der Waals surface area contributed by atoms with Gasteiger partial charge in [0, 0.05) is 12.8 Å². The van der Waals surface area contributed by atoms with Crippen molar-refractivity contribution in [1.29, 1.82) is 0 Å². The third-order valence-corrected chi connectivity index (χ3v) is 13.8. The number of esters is 1. The van der Waals surface area contributed by atoms with Gasteiger partial charge in [-0.25, -0.2) is 4.57 Å². The summed E-state index contributed by atoms with van der Waals surface area (Å²) in [6.45, 7) is 6.73. The van der Waals surface area contributed by atoms with Crippen molar-refractivity contribution in [3.63, 3.8) is 0 Å². The molecule has 0 aromatic heterocycles. The summed E-state index contributed by atoms with van der Waals surface area (Å²) in [7, 11) is 1.46. The first-order valence-electron chi connectivity index (χ1n) is 30.2. The summed E-state index contributed by atoms with van der Waals surface area (Å²) in [5.74, 6) is -0.548. The molecule has 0 aromatic carbocycles. The highest BCUT2D eigenvalue weighted by molar-refractivity contribution is 7.47. The molecule has 75 heavy (non-hydrogen) atoms. The summed E-state index contributed by atoms with van der Waals surface area (Å²) < 4.78 is 30.6.